The van der Waals surface area contributed by atoms with Crippen molar-refractivity contribution in [3.63, 3.8) is 0 Å². The van der Waals surface area contributed by atoms with E-state index in [1.807, 2.05) is 0 Å². The highest BCUT2D eigenvalue weighted by Gasteiger charge is 2.05. The van der Waals surface area contributed by atoms with E-state index in [1.165, 1.54) is 0 Å². The summed E-state index contributed by atoms with van der Waals surface area (Å²) >= 11 is 0. The summed E-state index contributed by atoms with van der Waals surface area (Å²) in [7, 11) is 0. The highest BCUT2D eigenvalue weighted by atomic mass is 16.3. The van der Waals surface area contributed by atoms with Crippen LogP contribution in [0.1, 0.15) is 5.56 Å². The number of rotatable bonds is 2. The molecule has 0 radical (unpaired) electrons. The van der Waals surface area contributed by atoms with E-state index >= 15 is 0 Å². The molecule has 0 unspecified atom stereocenters. The minimum absolute atomic E-state index is 0.169. The Labute approximate surface area is 92.8 Å². The first-order valence-electron chi connectivity index (χ1n) is 4.81. The minimum Gasteiger partial charge on any atom is -0.508 e. The quantitative estimate of drug-likeness (QED) is 0.692. The molecule has 2 aromatic rings. The predicted octanol–water partition coefficient (Wildman–Crippen LogP) is 0.890. The third-order valence-corrected chi connectivity index (χ3v) is 2.22. The topological polar surface area (TPSA) is 98.0 Å². The second-order valence-electron chi connectivity index (χ2n) is 3.36. The summed E-state index contributed by atoms with van der Waals surface area (Å²) in [5.74, 6) is 1.02. The number of hydrogen-bond donors (Lipinski definition) is 3. The Morgan fingerprint density at radius 3 is 2.75 bits per heavy atom. The summed E-state index contributed by atoms with van der Waals surface area (Å²) in [5.41, 5.74) is 12.6. The van der Waals surface area contributed by atoms with Crippen LogP contribution in [0.3, 0.4) is 0 Å². The summed E-state index contributed by atoms with van der Waals surface area (Å²) in [4.78, 5) is 8.27. The second-order valence-corrected chi connectivity index (χ2v) is 3.36. The van der Waals surface area contributed by atoms with Crippen molar-refractivity contribution in [3.05, 3.63) is 36.0 Å². The van der Waals surface area contributed by atoms with Crippen molar-refractivity contribution in [1.29, 1.82) is 0 Å². The highest BCUT2D eigenvalue weighted by Crippen LogP contribution is 2.21. The molecule has 0 atom stereocenters. The Balaban J connectivity index is 2.45. The van der Waals surface area contributed by atoms with Crippen molar-refractivity contribution in [2.24, 2.45) is 5.73 Å². The van der Waals surface area contributed by atoms with Crippen LogP contribution < -0.4 is 11.5 Å². The van der Waals surface area contributed by atoms with Crippen LogP contribution in [0.2, 0.25) is 0 Å². The van der Waals surface area contributed by atoms with Crippen molar-refractivity contribution in [1.82, 2.24) is 9.97 Å². The maximum Gasteiger partial charge on any atom is 0.161 e. The molecule has 0 spiro atoms. The monoisotopic (exact) mass is 216 g/mol. The molecule has 0 aliphatic rings. The first-order chi connectivity index (χ1) is 7.70. The molecule has 16 heavy (non-hydrogen) atoms. The molecule has 0 aliphatic carbocycles. The van der Waals surface area contributed by atoms with Gasteiger partial charge in [0, 0.05) is 23.9 Å². The van der Waals surface area contributed by atoms with Gasteiger partial charge in [0.05, 0.1) is 0 Å². The number of phenols is 1. The number of hydrogen-bond acceptors (Lipinski definition) is 5. The van der Waals surface area contributed by atoms with Gasteiger partial charge in [-0.2, -0.15) is 0 Å². The number of aromatic hydroxyl groups is 1. The van der Waals surface area contributed by atoms with E-state index in [1.54, 1.807) is 30.5 Å². The van der Waals surface area contributed by atoms with Crippen LogP contribution in [0.5, 0.6) is 5.75 Å². The molecule has 82 valence electrons. The van der Waals surface area contributed by atoms with Gasteiger partial charge < -0.3 is 16.6 Å². The molecule has 1 heterocycles. The molecule has 0 fully saturated rings. The summed E-state index contributed by atoms with van der Waals surface area (Å²) in [6, 6.07) is 6.69. The van der Waals surface area contributed by atoms with Crippen molar-refractivity contribution in [3.8, 4) is 17.1 Å². The number of anilines is 1. The fraction of sp³-hybridized carbons (Fsp3) is 0.0909. The Hall–Kier alpha value is -2.14. The van der Waals surface area contributed by atoms with Crippen LogP contribution in [0.4, 0.5) is 5.82 Å². The summed E-state index contributed by atoms with van der Waals surface area (Å²) in [5, 5.41) is 9.34. The van der Waals surface area contributed by atoms with Crippen LogP contribution >= 0.6 is 0 Å². The molecular formula is C11H12N4O. The molecule has 0 saturated carbocycles. The number of nitrogens with two attached hydrogens (primary N) is 2. The lowest BCUT2D eigenvalue weighted by Crippen LogP contribution is -2.05. The van der Waals surface area contributed by atoms with Crippen LogP contribution in [0.15, 0.2) is 30.5 Å². The van der Waals surface area contributed by atoms with Crippen LogP contribution in [-0.2, 0) is 6.54 Å². The maximum absolute atomic E-state index is 9.34. The maximum atomic E-state index is 9.34. The lowest BCUT2D eigenvalue weighted by atomic mass is 10.2. The SMILES string of the molecule is NCc1cnc(-c2cccc(O)c2)nc1N. The van der Waals surface area contributed by atoms with E-state index in [0.29, 0.717) is 23.8 Å². The number of aromatic nitrogens is 2. The van der Waals surface area contributed by atoms with Gasteiger partial charge in [0.15, 0.2) is 5.82 Å². The van der Waals surface area contributed by atoms with Gasteiger partial charge in [-0.3, -0.25) is 0 Å². The first-order valence-corrected chi connectivity index (χ1v) is 4.81. The molecule has 1 aromatic heterocycles. The molecule has 0 aliphatic heterocycles. The second kappa shape index (κ2) is 4.16. The fourth-order valence-corrected chi connectivity index (χ4v) is 1.36. The largest absolute Gasteiger partial charge is 0.508 e. The summed E-state index contributed by atoms with van der Waals surface area (Å²) in [6.07, 6.45) is 1.60. The van der Waals surface area contributed by atoms with Crippen molar-refractivity contribution in [2.45, 2.75) is 6.54 Å². The molecular weight excluding hydrogens is 204 g/mol. The van der Waals surface area contributed by atoms with Gasteiger partial charge in [0.2, 0.25) is 0 Å². The molecule has 5 N–H and O–H groups in total. The Kier molecular flexibility index (Phi) is 2.70. The molecule has 5 heteroatoms. The number of benzene rings is 1. The average Bonchev–Trinajstić information content (AvgIpc) is 2.29. The molecule has 5 nitrogen and oxygen atoms in total. The molecule has 2 rings (SSSR count). The van der Waals surface area contributed by atoms with E-state index in [0.717, 1.165) is 5.56 Å². The minimum atomic E-state index is 0.169. The first kappa shape index (κ1) is 10.4. The Morgan fingerprint density at radius 1 is 1.31 bits per heavy atom. The summed E-state index contributed by atoms with van der Waals surface area (Å²) in [6.45, 7) is 0.312. The van der Waals surface area contributed by atoms with Gasteiger partial charge >= 0.3 is 0 Å². The summed E-state index contributed by atoms with van der Waals surface area (Å²) < 4.78 is 0. The third-order valence-electron chi connectivity index (χ3n) is 2.22. The van der Waals surface area contributed by atoms with Crippen molar-refractivity contribution in [2.75, 3.05) is 5.73 Å². The fourth-order valence-electron chi connectivity index (χ4n) is 1.36. The molecule has 0 bridgehead atoms. The van der Waals surface area contributed by atoms with Gasteiger partial charge in [-0.25, -0.2) is 9.97 Å². The van der Waals surface area contributed by atoms with E-state index in [2.05, 4.69) is 9.97 Å². The van der Waals surface area contributed by atoms with Gasteiger partial charge in [-0.05, 0) is 12.1 Å². The van der Waals surface area contributed by atoms with E-state index in [4.69, 9.17) is 11.5 Å². The molecule has 0 amide bonds. The van der Waals surface area contributed by atoms with E-state index in [9.17, 15) is 5.11 Å². The lowest BCUT2D eigenvalue weighted by molar-refractivity contribution is 0.475. The zero-order chi connectivity index (χ0) is 11.5. The number of phenolic OH excluding ortho intramolecular Hbond substituents is 1. The average molecular weight is 216 g/mol. The Morgan fingerprint density at radius 2 is 2.12 bits per heavy atom. The standard InChI is InChI=1S/C11H12N4O/c12-5-8-6-14-11(15-10(8)13)7-2-1-3-9(16)4-7/h1-4,6,16H,5,12H2,(H2,13,14,15). The lowest BCUT2D eigenvalue weighted by Gasteiger charge is -2.04. The van der Waals surface area contributed by atoms with Crippen LogP contribution in [0.25, 0.3) is 11.4 Å². The van der Waals surface area contributed by atoms with Gasteiger partial charge in [0.25, 0.3) is 0 Å². The number of nitrogens with zero attached hydrogens (tertiary/aromatic N) is 2. The third kappa shape index (κ3) is 1.94. The molecule has 1 aromatic carbocycles. The van der Waals surface area contributed by atoms with Crippen LogP contribution in [0, 0.1) is 0 Å². The van der Waals surface area contributed by atoms with E-state index < -0.39 is 0 Å². The van der Waals surface area contributed by atoms with Gasteiger partial charge in [0.1, 0.15) is 11.6 Å². The van der Waals surface area contributed by atoms with Gasteiger partial charge in [-0.15, -0.1) is 0 Å². The zero-order valence-electron chi connectivity index (χ0n) is 8.59. The van der Waals surface area contributed by atoms with Gasteiger partial charge in [-0.1, -0.05) is 12.1 Å². The zero-order valence-corrected chi connectivity index (χ0v) is 8.59. The van der Waals surface area contributed by atoms with Crippen LogP contribution in [-0.4, -0.2) is 15.1 Å². The molecule has 0 saturated heterocycles. The van der Waals surface area contributed by atoms with Crippen molar-refractivity contribution >= 4 is 5.82 Å². The number of nitrogen functional groups attached to an aromatic ring is 1. The predicted molar refractivity (Wildman–Crippen MR) is 61.4 cm³/mol. The highest BCUT2D eigenvalue weighted by molar-refractivity contribution is 5.59. The normalized spacial score (nSPS) is 10.3. The van der Waals surface area contributed by atoms with E-state index in [-0.39, 0.29) is 5.75 Å². The Bertz CT molecular complexity index is 513. The smallest absolute Gasteiger partial charge is 0.161 e. The van der Waals surface area contributed by atoms with Crippen molar-refractivity contribution < 1.29 is 5.11 Å².